The number of hydrogen-bond donors (Lipinski definition) is 1. The van der Waals surface area contributed by atoms with Crippen molar-refractivity contribution >= 4 is 28.9 Å². The van der Waals surface area contributed by atoms with Gasteiger partial charge in [0.2, 0.25) is 0 Å². The number of halogens is 3. The second-order valence-corrected chi connectivity index (χ2v) is 8.47. The van der Waals surface area contributed by atoms with E-state index in [9.17, 15) is 18.7 Å². The maximum Gasteiger partial charge on any atom is 0.308 e. The first-order chi connectivity index (χ1) is 14.9. The molecule has 0 fully saturated rings. The zero-order valence-corrected chi connectivity index (χ0v) is 17.6. The number of nitrogens with zero attached hydrogens (tertiary/aromatic N) is 1. The molecule has 156 valence electrons. The van der Waals surface area contributed by atoms with Crippen LogP contribution in [0.4, 0.5) is 8.78 Å². The zero-order valence-electron chi connectivity index (χ0n) is 16.1. The van der Waals surface area contributed by atoms with Gasteiger partial charge in [-0.15, -0.1) is 11.3 Å². The summed E-state index contributed by atoms with van der Waals surface area (Å²) in [5.74, 6) is -3.33. The monoisotopic (exact) mass is 455 g/mol. The molecular weight excluding hydrogens is 440 g/mol. The second-order valence-electron chi connectivity index (χ2n) is 6.92. The van der Waals surface area contributed by atoms with Crippen molar-refractivity contribution in [3.05, 3.63) is 110 Å². The Morgan fingerprint density at radius 2 is 1.68 bits per heavy atom. The number of hydrogen-bond acceptors (Lipinski definition) is 3. The Balaban J connectivity index is 1.89. The fourth-order valence-electron chi connectivity index (χ4n) is 3.40. The summed E-state index contributed by atoms with van der Waals surface area (Å²) in [5, 5.41) is 10.6. The third kappa shape index (κ3) is 4.65. The van der Waals surface area contributed by atoms with Crippen molar-refractivity contribution in [1.29, 1.82) is 0 Å². The molecule has 1 atom stereocenters. The number of carboxylic acids is 1. The van der Waals surface area contributed by atoms with Gasteiger partial charge in [-0.3, -0.25) is 4.79 Å². The van der Waals surface area contributed by atoms with Crippen LogP contribution in [0.25, 0.3) is 11.3 Å². The van der Waals surface area contributed by atoms with Crippen molar-refractivity contribution < 1.29 is 18.7 Å². The van der Waals surface area contributed by atoms with E-state index >= 15 is 0 Å². The molecule has 4 rings (SSSR count). The second kappa shape index (κ2) is 8.96. The molecule has 0 saturated carbocycles. The fraction of sp³-hybridized carbons (Fsp3) is 0.0833. The van der Waals surface area contributed by atoms with Crippen LogP contribution < -0.4 is 0 Å². The van der Waals surface area contributed by atoms with Crippen LogP contribution in [-0.2, 0) is 11.2 Å². The smallest absolute Gasteiger partial charge is 0.308 e. The minimum atomic E-state index is -0.977. The predicted molar refractivity (Wildman–Crippen MR) is 118 cm³/mol. The van der Waals surface area contributed by atoms with Crippen molar-refractivity contribution in [2.75, 3.05) is 0 Å². The Bertz CT molecular complexity index is 1230. The molecule has 3 nitrogen and oxygen atoms in total. The molecule has 0 spiro atoms. The highest BCUT2D eigenvalue weighted by molar-refractivity contribution is 7.12. The summed E-state index contributed by atoms with van der Waals surface area (Å²) in [4.78, 5) is 16.8. The minimum absolute atomic E-state index is 0.199. The zero-order chi connectivity index (χ0) is 22.0. The maximum absolute atomic E-state index is 14.0. The first-order valence-electron chi connectivity index (χ1n) is 9.39. The van der Waals surface area contributed by atoms with E-state index in [1.807, 2.05) is 30.3 Å². The van der Waals surface area contributed by atoms with Crippen LogP contribution in [0.15, 0.2) is 72.8 Å². The van der Waals surface area contributed by atoms with E-state index in [0.717, 1.165) is 23.3 Å². The molecule has 1 N–H and O–H groups in total. The topological polar surface area (TPSA) is 50.2 Å². The molecule has 0 bridgehead atoms. The molecular formula is C24H16ClF2NO2S. The third-order valence-electron chi connectivity index (χ3n) is 4.80. The van der Waals surface area contributed by atoms with E-state index < -0.39 is 23.5 Å². The van der Waals surface area contributed by atoms with Gasteiger partial charge < -0.3 is 5.11 Å². The fourth-order valence-corrected chi connectivity index (χ4v) is 4.76. The van der Waals surface area contributed by atoms with E-state index in [1.54, 1.807) is 24.3 Å². The molecule has 0 radical (unpaired) electrons. The van der Waals surface area contributed by atoms with Gasteiger partial charge in [-0.2, -0.15) is 0 Å². The lowest BCUT2D eigenvalue weighted by Gasteiger charge is -2.16. The quantitative estimate of drug-likeness (QED) is 0.358. The summed E-state index contributed by atoms with van der Waals surface area (Å²) >= 11 is 7.24. The van der Waals surface area contributed by atoms with Crippen molar-refractivity contribution in [3.8, 4) is 11.3 Å². The van der Waals surface area contributed by atoms with Crippen LogP contribution in [0.2, 0.25) is 5.02 Å². The Hall–Kier alpha value is -3.09. The molecule has 0 amide bonds. The Labute approximate surface area is 186 Å². The number of carboxylic acid groups (broad SMARTS) is 1. The molecule has 4 aromatic rings. The first-order valence-corrected chi connectivity index (χ1v) is 10.6. The van der Waals surface area contributed by atoms with Gasteiger partial charge in [-0.05, 0) is 35.4 Å². The summed E-state index contributed by atoms with van der Waals surface area (Å²) in [5.41, 5.74) is 2.65. The molecule has 0 aliphatic heterocycles. The first kappa shape index (κ1) is 21.2. The summed E-state index contributed by atoms with van der Waals surface area (Å²) in [7, 11) is 0. The van der Waals surface area contributed by atoms with E-state index in [2.05, 4.69) is 0 Å². The Morgan fingerprint density at radius 1 is 0.968 bits per heavy atom. The largest absolute Gasteiger partial charge is 0.481 e. The third-order valence-corrected chi connectivity index (χ3v) is 6.17. The number of benzene rings is 3. The number of carbonyl (C=O) groups is 1. The van der Waals surface area contributed by atoms with Crippen molar-refractivity contribution in [2.24, 2.45) is 0 Å². The van der Waals surface area contributed by atoms with Crippen LogP contribution in [-0.4, -0.2) is 16.1 Å². The number of aliphatic carboxylic acids is 1. The lowest BCUT2D eigenvalue weighted by molar-refractivity contribution is -0.136. The molecule has 1 unspecified atom stereocenters. The number of aromatic nitrogens is 1. The molecule has 3 aromatic carbocycles. The average molecular weight is 456 g/mol. The van der Waals surface area contributed by atoms with Crippen LogP contribution in [0.5, 0.6) is 0 Å². The van der Waals surface area contributed by atoms with Gasteiger partial charge in [0.05, 0.1) is 18.0 Å². The Kier molecular flexibility index (Phi) is 6.11. The molecule has 0 saturated heterocycles. The average Bonchev–Trinajstić information content (AvgIpc) is 3.14. The highest BCUT2D eigenvalue weighted by Crippen LogP contribution is 2.39. The van der Waals surface area contributed by atoms with Gasteiger partial charge in [0.1, 0.15) is 5.01 Å². The van der Waals surface area contributed by atoms with Gasteiger partial charge in [0.15, 0.2) is 11.6 Å². The van der Waals surface area contributed by atoms with Gasteiger partial charge >= 0.3 is 5.97 Å². The van der Waals surface area contributed by atoms with E-state index in [1.165, 1.54) is 17.4 Å². The van der Waals surface area contributed by atoms with Gasteiger partial charge in [0, 0.05) is 15.5 Å². The molecule has 0 aliphatic rings. The molecule has 7 heteroatoms. The van der Waals surface area contributed by atoms with Crippen LogP contribution in [0.1, 0.15) is 26.9 Å². The number of rotatable bonds is 6. The van der Waals surface area contributed by atoms with Crippen molar-refractivity contribution in [1.82, 2.24) is 4.98 Å². The summed E-state index contributed by atoms with van der Waals surface area (Å²) in [6.45, 7) is 0. The summed E-state index contributed by atoms with van der Waals surface area (Å²) in [6.07, 6.45) is -0.199. The lowest BCUT2D eigenvalue weighted by atomic mass is 9.91. The van der Waals surface area contributed by atoms with Crippen LogP contribution >= 0.6 is 22.9 Å². The molecule has 31 heavy (non-hydrogen) atoms. The minimum Gasteiger partial charge on any atom is -0.481 e. The van der Waals surface area contributed by atoms with Crippen molar-refractivity contribution in [2.45, 2.75) is 12.3 Å². The standard InChI is InChI=1S/C24H16ClF2NO2S/c25-17-9-6-15(7-10-17)23-20(13-21(29)30)31-24(28-23)22(14-4-2-1-3-5-14)16-8-11-18(26)19(27)12-16/h1-12,22H,13H2,(H,29,30). The highest BCUT2D eigenvalue weighted by atomic mass is 35.5. The lowest BCUT2D eigenvalue weighted by Crippen LogP contribution is -2.04. The van der Waals surface area contributed by atoms with Gasteiger partial charge in [0.25, 0.3) is 0 Å². The molecule has 1 aromatic heterocycles. The van der Waals surface area contributed by atoms with Crippen LogP contribution in [0.3, 0.4) is 0 Å². The Morgan fingerprint density at radius 3 is 2.32 bits per heavy atom. The van der Waals surface area contributed by atoms with Crippen LogP contribution in [0, 0.1) is 11.6 Å². The predicted octanol–water partition coefficient (Wildman–Crippen LogP) is 6.55. The maximum atomic E-state index is 14.0. The van der Waals surface area contributed by atoms with Crippen molar-refractivity contribution in [3.63, 3.8) is 0 Å². The van der Waals surface area contributed by atoms with E-state index in [-0.39, 0.29) is 6.42 Å². The highest BCUT2D eigenvalue weighted by Gasteiger charge is 2.25. The van der Waals surface area contributed by atoms with Gasteiger partial charge in [-0.1, -0.05) is 60.1 Å². The van der Waals surface area contributed by atoms with E-state index in [0.29, 0.717) is 26.2 Å². The summed E-state index contributed by atoms with van der Waals surface area (Å²) in [6, 6.07) is 20.1. The summed E-state index contributed by atoms with van der Waals surface area (Å²) < 4.78 is 27.6. The normalized spacial score (nSPS) is 12.0. The number of thiazole rings is 1. The SMILES string of the molecule is O=C(O)Cc1sc(C(c2ccccc2)c2ccc(F)c(F)c2)nc1-c1ccc(Cl)cc1. The molecule has 1 heterocycles. The van der Waals surface area contributed by atoms with E-state index in [4.69, 9.17) is 16.6 Å². The van der Waals surface area contributed by atoms with Gasteiger partial charge in [-0.25, -0.2) is 13.8 Å². The molecule has 0 aliphatic carbocycles.